The summed E-state index contributed by atoms with van der Waals surface area (Å²) in [6, 6.07) is 5.09. The van der Waals surface area contributed by atoms with E-state index in [4.69, 9.17) is 4.42 Å². The first-order valence-electron chi connectivity index (χ1n) is 10.2. The van der Waals surface area contributed by atoms with Crippen LogP contribution in [0.15, 0.2) is 39.8 Å². The van der Waals surface area contributed by atoms with Gasteiger partial charge in [0.1, 0.15) is 11.3 Å². The maximum atomic E-state index is 12.3. The number of phenols is 1. The molecule has 1 fully saturated rings. The first-order valence-corrected chi connectivity index (χ1v) is 10.2. The second-order valence-corrected chi connectivity index (χ2v) is 7.85. The molecule has 0 bridgehead atoms. The lowest BCUT2D eigenvalue weighted by atomic mass is 10.0. The summed E-state index contributed by atoms with van der Waals surface area (Å²) in [7, 11) is 1.79. The van der Waals surface area contributed by atoms with Gasteiger partial charge in [-0.3, -0.25) is 14.4 Å². The molecule has 3 heterocycles. The standard InChI is InChI=1S/C22H26N4O4/c1-3-14-8-18-15(9-21(28)30-20(18)10-19(14)27)13-26-6-4-17(5-7-26)24-22(29)16-11-23-25(2)12-16/h8-12,17,27H,3-7,13H2,1-2H3,(H,24,29). The van der Waals surface area contributed by atoms with Crippen LogP contribution in [-0.2, 0) is 20.0 Å². The Bertz CT molecular complexity index is 1130. The summed E-state index contributed by atoms with van der Waals surface area (Å²) < 4.78 is 6.90. The van der Waals surface area contributed by atoms with Gasteiger partial charge in [-0.25, -0.2) is 4.79 Å². The van der Waals surface area contributed by atoms with Gasteiger partial charge in [0, 0.05) is 56.4 Å². The number of nitrogens with one attached hydrogen (secondary N) is 1. The van der Waals surface area contributed by atoms with Crippen molar-refractivity contribution in [3.63, 3.8) is 0 Å². The number of amides is 1. The van der Waals surface area contributed by atoms with Gasteiger partial charge < -0.3 is 14.8 Å². The molecule has 158 valence electrons. The second kappa shape index (κ2) is 8.31. The third-order valence-corrected chi connectivity index (χ3v) is 5.69. The summed E-state index contributed by atoms with van der Waals surface area (Å²) in [4.78, 5) is 26.6. The van der Waals surface area contributed by atoms with Crippen LogP contribution in [0, 0.1) is 0 Å². The van der Waals surface area contributed by atoms with Crippen molar-refractivity contribution in [2.45, 2.75) is 38.8 Å². The Hall–Kier alpha value is -3.13. The van der Waals surface area contributed by atoms with E-state index < -0.39 is 5.63 Å². The molecular formula is C22H26N4O4. The molecule has 0 aliphatic carbocycles. The van der Waals surface area contributed by atoms with Crippen LogP contribution in [-0.4, -0.2) is 44.8 Å². The predicted molar refractivity (Wildman–Crippen MR) is 113 cm³/mol. The number of hydrogen-bond donors (Lipinski definition) is 2. The van der Waals surface area contributed by atoms with E-state index in [1.165, 1.54) is 12.1 Å². The minimum Gasteiger partial charge on any atom is -0.508 e. The van der Waals surface area contributed by atoms with Crippen molar-refractivity contribution in [1.29, 1.82) is 0 Å². The van der Waals surface area contributed by atoms with Crippen LogP contribution in [0.5, 0.6) is 5.75 Å². The van der Waals surface area contributed by atoms with Crippen molar-refractivity contribution >= 4 is 16.9 Å². The number of fused-ring (bicyclic) bond motifs is 1. The molecule has 8 nitrogen and oxygen atoms in total. The number of phenolic OH excluding ortho intramolecular Hbond substituents is 1. The van der Waals surface area contributed by atoms with E-state index in [-0.39, 0.29) is 17.7 Å². The molecule has 0 radical (unpaired) electrons. The van der Waals surface area contributed by atoms with Gasteiger partial charge >= 0.3 is 5.63 Å². The van der Waals surface area contributed by atoms with Gasteiger partial charge in [-0.15, -0.1) is 0 Å². The molecule has 1 saturated heterocycles. The second-order valence-electron chi connectivity index (χ2n) is 7.85. The molecule has 0 atom stereocenters. The molecule has 8 heteroatoms. The molecule has 0 spiro atoms. The van der Waals surface area contributed by atoms with E-state index in [2.05, 4.69) is 15.3 Å². The van der Waals surface area contributed by atoms with Gasteiger partial charge in [-0.2, -0.15) is 5.10 Å². The monoisotopic (exact) mass is 410 g/mol. The Kier molecular flexibility index (Phi) is 5.59. The Morgan fingerprint density at radius 1 is 1.27 bits per heavy atom. The van der Waals surface area contributed by atoms with Gasteiger partial charge in [0.25, 0.3) is 5.91 Å². The highest BCUT2D eigenvalue weighted by Gasteiger charge is 2.22. The summed E-state index contributed by atoms with van der Waals surface area (Å²) >= 11 is 0. The van der Waals surface area contributed by atoms with Crippen LogP contribution in [0.3, 0.4) is 0 Å². The van der Waals surface area contributed by atoms with Crippen LogP contribution >= 0.6 is 0 Å². The van der Waals surface area contributed by atoms with E-state index in [0.29, 0.717) is 24.1 Å². The lowest BCUT2D eigenvalue weighted by molar-refractivity contribution is 0.0909. The van der Waals surface area contributed by atoms with Crippen molar-refractivity contribution < 1.29 is 14.3 Å². The van der Waals surface area contributed by atoms with Gasteiger partial charge in [0.2, 0.25) is 0 Å². The number of hydrogen-bond acceptors (Lipinski definition) is 6. The Labute approximate surface area is 174 Å². The Morgan fingerprint density at radius 3 is 2.70 bits per heavy atom. The molecular weight excluding hydrogens is 384 g/mol. The highest BCUT2D eigenvalue weighted by atomic mass is 16.4. The Morgan fingerprint density at radius 2 is 2.03 bits per heavy atom. The first kappa shape index (κ1) is 20.2. The van der Waals surface area contributed by atoms with Crippen molar-refractivity contribution in [2.75, 3.05) is 13.1 Å². The summed E-state index contributed by atoms with van der Waals surface area (Å²) in [5.74, 6) is 0.0515. The molecule has 30 heavy (non-hydrogen) atoms. The smallest absolute Gasteiger partial charge is 0.336 e. The molecule has 0 saturated carbocycles. The fourth-order valence-corrected chi connectivity index (χ4v) is 4.00. The van der Waals surface area contributed by atoms with E-state index in [9.17, 15) is 14.7 Å². The molecule has 4 rings (SSSR count). The van der Waals surface area contributed by atoms with Crippen molar-refractivity contribution in [3.8, 4) is 5.75 Å². The highest BCUT2D eigenvalue weighted by molar-refractivity contribution is 5.93. The molecule has 2 N–H and O–H groups in total. The number of aromatic hydroxyl groups is 1. The van der Waals surface area contributed by atoms with E-state index >= 15 is 0 Å². The number of aromatic nitrogens is 2. The Balaban J connectivity index is 1.43. The van der Waals surface area contributed by atoms with Gasteiger partial charge in [-0.1, -0.05) is 6.92 Å². The third-order valence-electron chi connectivity index (χ3n) is 5.69. The zero-order valence-corrected chi connectivity index (χ0v) is 17.2. The molecule has 1 amide bonds. The quantitative estimate of drug-likeness (QED) is 0.626. The maximum absolute atomic E-state index is 12.3. The van der Waals surface area contributed by atoms with Gasteiger partial charge in [-0.05, 0) is 36.5 Å². The molecule has 1 aromatic carbocycles. The number of rotatable bonds is 5. The minimum absolute atomic E-state index is 0.0971. The topological polar surface area (TPSA) is 101 Å². The molecule has 3 aromatic rings. The fraction of sp³-hybridized carbons (Fsp3) is 0.409. The first-order chi connectivity index (χ1) is 14.4. The van der Waals surface area contributed by atoms with Gasteiger partial charge in [0.15, 0.2) is 0 Å². The van der Waals surface area contributed by atoms with Crippen LogP contribution < -0.4 is 10.9 Å². The summed E-state index contributed by atoms with van der Waals surface area (Å²) in [5.41, 5.74) is 2.28. The molecule has 2 aromatic heterocycles. The molecule has 1 aliphatic heterocycles. The largest absolute Gasteiger partial charge is 0.508 e. The average molecular weight is 410 g/mol. The van der Waals surface area contributed by atoms with E-state index in [1.54, 1.807) is 24.1 Å². The van der Waals surface area contributed by atoms with Crippen molar-refractivity contribution in [1.82, 2.24) is 20.0 Å². The van der Waals surface area contributed by atoms with Crippen LogP contribution in [0.2, 0.25) is 0 Å². The van der Waals surface area contributed by atoms with Crippen molar-refractivity contribution in [2.24, 2.45) is 7.05 Å². The highest BCUT2D eigenvalue weighted by Crippen LogP contribution is 2.28. The van der Waals surface area contributed by atoms with Crippen molar-refractivity contribution in [3.05, 3.63) is 57.7 Å². The van der Waals surface area contributed by atoms with Gasteiger partial charge in [0.05, 0.1) is 11.8 Å². The number of piperidine rings is 1. The van der Waals surface area contributed by atoms with Crippen LogP contribution in [0.1, 0.15) is 41.3 Å². The zero-order chi connectivity index (χ0) is 21.3. The zero-order valence-electron chi connectivity index (χ0n) is 17.2. The van der Waals surface area contributed by atoms with Crippen LogP contribution in [0.4, 0.5) is 0 Å². The number of carbonyl (C=O) groups is 1. The summed E-state index contributed by atoms with van der Waals surface area (Å²) in [6.07, 6.45) is 5.65. The normalized spacial score (nSPS) is 15.5. The lowest BCUT2D eigenvalue weighted by Gasteiger charge is -2.32. The number of nitrogens with zero attached hydrogens (tertiary/aromatic N) is 3. The maximum Gasteiger partial charge on any atom is 0.336 e. The number of aryl methyl sites for hydroxylation is 2. The molecule has 1 aliphatic rings. The third kappa shape index (κ3) is 4.23. The fourth-order valence-electron chi connectivity index (χ4n) is 4.00. The number of carbonyl (C=O) groups excluding carboxylic acids is 1. The number of likely N-dealkylation sites (tertiary alicyclic amines) is 1. The molecule has 0 unspecified atom stereocenters. The van der Waals surface area contributed by atoms with E-state index in [0.717, 1.165) is 42.4 Å². The summed E-state index contributed by atoms with van der Waals surface area (Å²) in [5, 5.41) is 18.1. The minimum atomic E-state index is -0.417. The van der Waals surface area contributed by atoms with E-state index in [1.807, 2.05) is 13.0 Å². The average Bonchev–Trinajstić information content (AvgIpc) is 3.15. The van der Waals surface area contributed by atoms with Crippen LogP contribution in [0.25, 0.3) is 11.0 Å². The predicted octanol–water partition coefficient (Wildman–Crippen LogP) is 2.19. The number of benzene rings is 1. The SMILES string of the molecule is CCc1cc2c(CN3CCC(NC(=O)c4cnn(C)c4)CC3)cc(=O)oc2cc1O. The lowest BCUT2D eigenvalue weighted by Crippen LogP contribution is -2.44. The summed E-state index contributed by atoms with van der Waals surface area (Å²) in [6.45, 7) is 4.24.